The van der Waals surface area contributed by atoms with Gasteiger partial charge in [0.05, 0.1) is 6.04 Å². The molecule has 31 heavy (non-hydrogen) atoms. The van der Waals surface area contributed by atoms with E-state index in [-0.39, 0.29) is 23.3 Å². The fraction of sp³-hybridized carbons (Fsp3) is 0.304. The number of amides is 1. The van der Waals surface area contributed by atoms with Crippen molar-refractivity contribution in [1.82, 2.24) is 14.7 Å². The van der Waals surface area contributed by atoms with E-state index in [0.717, 1.165) is 10.2 Å². The van der Waals surface area contributed by atoms with Gasteiger partial charge in [0, 0.05) is 30.9 Å². The zero-order valence-corrected chi connectivity index (χ0v) is 17.3. The molecule has 0 saturated carbocycles. The lowest BCUT2D eigenvalue weighted by Gasteiger charge is -2.35. The van der Waals surface area contributed by atoms with Crippen LogP contribution in [0.1, 0.15) is 45.7 Å². The van der Waals surface area contributed by atoms with E-state index in [1.54, 1.807) is 42.2 Å². The molecule has 2 aromatic carbocycles. The lowest BCUT2D eigenvalue weighted by molar-refractivity contribution is -0.140. The SMILES string of the molecule is Cc1cc(C(C)N2CCc3c(cccc3-c3cn(C)nc3C(F)(F)F)C2=O)ccc1F. The van der Waals surface area contributed by atoms with Crippen molar-refractivity contribution in [2.75, 3.05) is 6.54 Å². The number of rotatable bonds is 3. The van der Waals surface area contributed by atoms with Crippen LogP contribution in [0, 0.1) is 12.7 Å². The largest absolute Gasteiger partial charge is 0.435 e. The minimum absolute atomic E-state index is 0.0321. The van der Waals surface area contributed by atoms with E-state index in [1.807, 2.05) is 6.92 Å². The summed E-state index contributed by atoms with van der Waals surface area (Å²) in [4.78, 5) is 14.9. The van der Waals surface area contributed by atoms with E-state index in [9.17, 15) is 22.4 Å². The third-order valence-corrected chi connectivity index (χ3v) is 5.79. The Balaban J connectivity index is 1.73. The first kappa shape index (κ1) is 21.1. The zero-order valence-electron chi connectivity index (χ0n) is 17.3. The molecule has 8 heteroatoms. The molecule has 0 bridgehead atoms. The van der Waals surface area contributed by atoms with Crippen LogP contribution in [0.15, 0.2) is 42.6 Å². The van der Waals surface area contributed by atoms with Crippen molar-refractivity contribution in [2.45, 2.75) is 32.5 Å². The smallest absolute Gasteiger partial charge is 0.332 e. The highest BCUT2D eigenvalue weighted by atomic mass is 19.4. The first-order valence-electron chi connectivity index (χ1n) is 9.88. The summed E-state index contributed by atoms with van der Waals surface area (Å²) >= 11 is 0. The Morgan fingerprint density at radius 2 is 1.81 bits per heavy atom. The fourth-order valence-corrected chi connectivity index (χ4v) is 4.17. The highest BCUT2D eigenvalue weighted by Gasteiger charge is 2.39. The Morgan fingerprint density at radius 3 is 2.48 bits per heavy atom. The summed E-state index contributed by atoms with van der Waals surface area (Å²) in [6.45, 7) is 3.88. The second-order valence-corrected chi connectivity index (χ2v) is 7.83. The molecule has 0 spiro atoms. The Bertz CT molecular complexity index is 1170. The van der Waals surface area contributed by atoms with Crippen molar-refractivity contribution < 1.29 is 22.4 Å². The maximum absolute atomic E-state index is 13.6. The van der Waals surface area contributed by atoms with E-state index in [1.165, 1.54) is 19.3 Å². The minimum Gasteiger partial charge on any atom is -0.332 e. The molecule has 1 aliphatic heterocycles. The van der Waals surface area contributed by atoms with Crippen LogP contribution < -0.4 is 0 Å². The molecule has 162 valence electrons. The molecular formula is C23H21F4N3O. The third kappa shape index (κ3) is 3.71. The van der Waals surface area contributed by atoms with Gasteiger partial charge in [-0.2, -0.15) is 18.3 Å². The Hall–Kier alpha value is -3.16. The predicted octanol–water partition coefficient (Wildman–Crippen LogP) is 5.31. The molecule has 4 nitrogen and oxygen atoms in total. The van der Waals surface area contributed by atoms with Gasteiger partial charge in [-0.05, 0) is 54.7 Å². The first-order valence-corrected chi connectivity index (χ1v) is 9.88. The van der Waals surface area contributed by atoms with E-state index in [0.29, 0.717) is 35.2 Å². The number of nitrogens with zero attached hydrogens (tertiary/aromatic N) is 3. The van der Waals surface area contributed by atoms with Crippen LogP contribution in [0.3, 0.4) is 0 Å². The fourth-order valence-electron chi connectivity index (χ4n) is 4.17. The van der Waals surface area contributed by atoms with Crippen LogP contribution in [-0.2, 0) is 19.6 Å². The number of aromatic nitrogens is 2. The highest BCUT2D eigenvalue weighted by molar-refractivity contribution is 5.99. The molecule has 0 N–H and O–H groups in total. The summed E-state index contributed by atoms with van der Waals surface area (Å²) in [7, 11) is 1.44. The molecule has 3 aromatic rings. The molecule has 0 aliphatic carbocycles. The molecule has 1 amide bonds. The predicted molar refractivity (Wildman–Crippen MR) is 108 cm³/mol. The number of halogens is 4. The van der Waals surface area contributed by atoms with Crippen LogP contribution in [0.2, 0.25) is 0 Å². The van der Waals surface area contributed by atoms with Gasteiger partial charge in [0.25, 0.3) is 5.91 Å². The van der Waals surface area contributed by atoms with Gasteiger partial charge in [0.15, 0.2) is 5.69 Å². The van der Waals surface area contributed by atoms with E-state index >= 15 is 0 Å². The van der Waals surface area contributed by atoms with Gasteiger partial charge in [-0.25, -0.2) is 4.39 Å². The van der Waals surface area contributed by atoms with Crippen molar-refractivity contribution >= 4 is 5.91 Å². The normalized spacial score (nSPS) is 15.2. The number of hydrogen-bond acceptors (Lipinski definition) is 2. The summed E-state index contributed by atoms with van der Waals surface area (Å²) < 4.78 is 55.3. The lowest BCUT2D eigenvalue weighted by atomic mass is 9.89. The quantitative estimate of drug-likeness (QED) is 0.527. The summed E-state index contributed by atoms with van der Waals surface area (Å²) in [6.07, 6.45) is -2.86. The van der Waals surface area contributed by atoms with Gasteiger partial charge in [-0.3, -0.25) is 9.48 Å². The lowest BCUT2D eigenvalue weighted by Crippen LogP contribution is -2.39. The Labute approximate surface area is 177 Å². The summed E-state index contributed by atoms with van der Waals surface area (Å²) in [5.41, 5.74) is 1.64. The molecule has 2 heterocycles. The van der Waals surface area contributed by atoms with Crippen molar-refractivity contribution in [3.63, 3.8) is 0 Å². The monoisotopic (exact) mass is 431 g/mol. The van der Waals surface area contributed by atoms with E-state index in [4.69, 9.17) is 0 Å². The number of aryl methyl sites for hydroxylation is 2. The number of alkyl halides is 3. The highest BCUT2D eigenvalue weighted by Crippen LogP contribution is 2.39. The van der Waals surface area contributed by atoms with E-state index < -0.39 is 11.9 Å². The average Bonchev–Trinajstić information content (AvgIpc) is 3.12. The summed E-state index contributed by atoms with van der Waals surface area (Å²) in [6, 6.07) is 9.27. The molecule has 4 rings (SSSR count). The van der Waals surface area contributed by atoms with Crippen molar-refractivity contribution in [2.24, 2.45) is 7.05 Å². The second-order valence-electron chi connectivity index (χ2n) is 7.83. The molecule has 0 fully saturated rings. The van der Waals surface area contributed by atoms with Crippen molar-refractivity contribution in [3.8, 4) is 11.1 Å². The number of fused-ring (bicyclic) bond motifs is 1. The summed E-state index contributed by atoms with van der Waals surface area (Å²) in [5, 5.41) is 3.59. The van der Waals surface area contributed by atoms with Crippen LogP contribution in [0.5, 0.6) is 0 Å². The molecule has 1 aromatic heterocycles. The van der Waals surface area contributed by atoms with Gasteiger partial charge in [-0.1, -0.05) is 24.3 Å². The maximum atomic E-state index is 13.6. The molecule has 0 radical (unpaired) electrons. The minimum atomic E-state index is -4.60. The molecule has 1 unspecified atom stereocenters. The number of carbonyl (C=O) groups is 1. The van der Waals surface area contributed by atoms with E-state index in [2.05, 4.69) is 5.10 Å². The second kappa shape index (κ2) is 7.51. The van der Waals surface area contributed by atoms with Gasteiger partial charge in [-0.15, -0.1) is 0 Å². The van der Waals surface area contributed by atoms with Crippen LogP contribution in [-0.4, -0.2) is 27.1 Å². The van der Waals surface area contributed by atoms with Gasteiger partial charge in [0.2, 0.25) is 0 Å². The molecule has 1 aliphatic rings. The zero-order chi connectivity index (χ0) is 22.5. The van der Waals surface area contributed by atoms with Crippen LogP contribution in [0.25, 0.3) is 11.1 Å². The van der Waals surface area contributed by atoms with Crippen molar-refractivity contribution in [3.05, 3.63) is 76.4 Å². The Morgan fingerprint density at radius 1 is 1.10 bits per heavy atom. The molecular weight excluding hydrogens is 410 g/mol. The summed E-state index contributed by atoms with van der Waals surface area (Å²) in [5.74, 6) is -0.567. The molecule has 0 saturated heterocycles. The first-order chi connectivity index (χ1) is 14.6. The maximum Gasteiger partial charge on any atom is 0.435 e. The van der Waals surface area contributed by atoms with Crippen LogP contribution in [0.4, 0.5) is 17.6 Å². The van der Waals surface area contributed by atoms with Crippen molar-refractivity contribution in [1.29, 1.82) is 0 Å². The standard InChI is InChI=1S/C23H21F4N3O/c1-13-11-15(7-8-20(13)24)14(2)30-10-9-17-16(5-4-6-18(17)22(30)31)19-12-29(3)28-21(19)23(25,26)27/h4-8,11-12,14H,9-10H2,1-3H3. The number of carbonyl (C=O) groups excluding carboxylic acids is 1. The third-order valence-electron chi connectivity index (χ3n) is 5.79. The Kier molecular flexibility index (Phi) is 5.11. The number of hydrogen-bond donors (Lipinski definition) is 0. The van der Waals surface area contributed by atoms with Crippen LogP contribution >= 0.6 is 0 Å². The topological polar surface area (TPSA) is 38.1 Å². The van der Waals surface area contributed by atoms with Gasteiger partial charge >= 0.3 is 6.18 Å². The van der Waals surface area contributed by atoms with Gasteiger partial charge < -0.3 is 4.90 Å². The number of benzene rings is 2. The van der Waals surface area contributed by atoms with Gasteiger partial charge in [0.1, 0.15) is 5.82 Å². The molecule has 1 atom stereocenters. The average molecular weight is 431 g/mol.